The Morgan fingerprint density at radius 3 is 2.76 bits per heavy atom. The summed E-state index contributed by atoms with van der Waals surface area (Å²) in [6, 6.07) is 5.77. The van der Waals surface area contributed by atoms with E-state index < -0.39 is 41.1 Å². The average Bonchev–Trinajstić information content (AvgIpc) is 3.63. The molecule has 2 amide bonds. The first-order chi connectivity index (χ1) is 19.7. The quantitative estimate of drug-likeness (QED) is 0.236. The van der Waals surface area contributed by atoms with Gasteiger partial charge in [0.2, 0.25) is 11.8 Å². The number of carbonyl (C=O) groups excluding carboxylic acids is 3. The fraction of sp³-hybridized carbons (Fsp3) is 0.567. The summed E-state index contributed by atoms with van der Waals surface area (Å²) in [4.78, 5) is 45.5. The van der Waals surface area contributed by atoms with E-state index in [2.05, 4.69) is 23.5 Å². The first-order valence-electron chi connectivity index (χ1n) is 14.3. The van der Waals surface area contributed by atoms with E-state index in [0.717, 1.165) is 5.52 Å². The third-order valence-corrected chi connectivity index (χ3v) is 9.27. The van der Waals surface area contributed by atoms with Crippen molar-refractivity contribution in [2.45, 2.75) is 70.0 Å². The van der Waals surface area contributed by atoms with E-state index >= 15 is 0 Å². The highest BCUT2D eigenvalue weighted by Crippen LogP contribution is 2.65. The molecule has 3 aliphatic rings. The van der Waals surface area contributed by atoms with Gasteiger partial charge in [0.05, 0.1) is 36.3 Å². The van der Waals surface area contributed by atoms with Gasteiger partial charge in [0.1, 0.15) is 29.7 Å². The summed E-state index contributed by atoms with van der Waals surface area (Å²) in [5, 5.41) is 18.8. The van der Waals surface area contributed by atoms with Gasteiger partial charge in [0, 0.05) is 6.54 Å². The Morgan fingerprint density at radius 1 is 1.32 bits per heavy atom. The van der Waals surface area contributed by atoms with Crippen LogP contribution in [0.2, 0.25) is 0 Å². The van der Waals surface area contributed by atoms with Crippen molar-refractivity contribution in [1.82, 2.24) is 24.8 Å². The second kappa shape index (κ2) is 11.0. The smallest absolute Gasteiger partial charge is 0.312 e. The number of esters is 1. The first kappa shape index (κ1) is 28.9. The van der Waals surface area contributed by atoms with Crippen molar-refractivity contribution in [1.29, 1.82) is 0 Å². The number of para-hydroxylation sites is 1. The Hall–Kier alpha value is -3.57. The zero-order chi connectivity index (χ0) is 29.5. The number of amides is 2. The molecule has 2 aromatic rings. The summed E-state index contributed by atoms with van der Waals surface area (Å²) < 4.78 is 14.0. The molecule has 1 aromatic heterocycles. The minimum absolute atomic E-state index is 0.0698. The molecule has 3 saturated heterocycles. The number of hydrogen-bond acceptors (Lipinski definition) is 8. The standard InChI is InChI=1S/C30H39N5O6/c1-6-9-15-40-28(39)24-23-26(37)35(20(8-3)17-36)25(30(23)16-19(4)29(24,5)41-30)27(38)33(14-7-2)18-34-22-13-11-10-12-21(22)31-32-34/h6-7,10-13,19-20,23-25,36H,1-2,8-9,14-18H2,3-5H3/t19?,20-,23-,24-,25?,29+,30?/m0/s1. The molecule has 5 rings (SSSR count). The van der Waals surface area contributed by atoms with Crippen molar-refractivity contribution in [2.24, 2.45) is 17.8 Å². The number of carbonyl (C=O) groups is 3. The van der Waals surface area contributed by atoms with Crippen LogP contribution in [0.1, 0.15) is 40.0 Å². The van der Waals surface area contributed by atoms with Crippen molar-refractivity contribution in [2.75, 3.05) is 19.8 Å². The summed E-state index contributed by atoms with van der Waals surface area (Å²) in [6.45, 7) is 13.3. The van der Waals surface area contributed by atoms with E-state index in [-0.39, 0.29) is 44.2 Å². The minimum Gasteiger partial charge on any atom is -0.465 e. The summed E-state index contributed by atoms with van der Waals surface area (Å²) in [6.07, 6.45) is 4.60. The van der Waals surface area contributed by atoms with Gasteiger partial charge >= 0.3 is 5.97 Å². The number of aliphatic hydroxyl groups is 1. The normalized spacial score (nSPS) is 30.8. The Morgan fingerprint density at radius 2 is 2.07 bits per heavy atom. The molecule has 0 aliphatic carbocycles. The number of fused-ring (bicyclic) bond motifs is 2. The molecule has 1 N–H and O–H groups in total. The molecule has 1 aromatic carbocycles. The number of rotatable bonds is 12. The lowest BCUT2D eigenvalue weighted by Gasteiger charge is -2.39. The highest BCUT2D eigenvalue weighted by atomic mass is 16.6. The molecule has 3 fully saturated rings. The van der Waals surface area contributed by atoms with Gasteiger partial charge in [-0.05, 0) is 44.2 Å². The number of hydrogen-bond donors (Lipinski definition) is 1. The maximum Gasteiger partial charge on any atom is 0.312 e. The molecule has 11 heteroatoms. The number of aromatic nitrogens is 3. The highest BCUT2D eigenvalue weighted by molar-refractivity contribution is 5.98. The van der Waals surface area contributed by atoms with Gasteiger partial charge in [-0.1, -0.05) is 43.3 Å². The molecule has 3 unspecified atom stereocenters. The van der Waals surface area contributed by atoms with Crippen LogP contribution < -0.4 is 0 Å². The highest BCUT2D eigenvalue weighted by Gasteiger charge is 2.80. The number of nitrogens with zero attached hydrogens (tertiary/aromatic N) is 5. The molecule has 3 aliphatic heterocycles. The molecular formula is C30H39N5O6. The molecule has 1 spiro atoms. The van der Waals surface area contributed by atoms with Crippen molar-refractivity contribution in [3.8, 4) is 0 Å². The zero-order valence-corrected chi connectivity index (χ0v) is 23.9. The monoisotopic (exact) mass is 565 g/mol. The molecule has 4 heterocycles. The molecular weight excluding hydrogens is 526 g/mol. The van der Waals surface area contributed by atoms with Gasteiger partial charge < -0.3 is 24.4 Å². The van der Waals surface area contributed by atoms with E-state index in [1.807, 2.05) is 45.0 Å². The number of aliphatic hydroxyl groups excluding tert-OH is 1. The Balaban J connectivity index is 1.57. The number of likely N-dealkylation sites (tertiary alicyclic amines) is 1. The molecule has 0 saturated carbocycles. The molecule has 2 bridgehead atoms. The number of benzene rings is 1. The summed E-state index contributed by atoms with van der Waals surface area (Å²) >= 11 is 0. The van der Waals surface area contributed by atoms with Crippen molar-refractivity contribution < 1.29 is 29.0 Å². The van der Waals surface area contributed by atoms with Gasteiger partial charge in [-0.2, -0.15) is 0 Å². The van der Waals surface area contributed by atoms with Crippen LogP contribution in [0.25, 0.3) is 11.0 Å². The third-order valence-electron chi connectivity index (χ3n) is 9.27. The fourth-order valence-corrected chi connectivity index (χ4v) is 7.18. The minimum atomic E-state index is -1.25. The summed E-state index contributed by atoms with van der Waals surface area (Å²) in [7, 11) is 0. The molecule has 41 heavy (non-hydrogen) atoms. The molecule has 11 nitrogen and oxygen atoms in total. The van der Waals surface area contributed by atoms with E-state index in [4.69, 9.17) is 9.47 Å². The Labute approximate surface area is 239 Å². The Kier molecular flexibility index (Phi) is 7.78. The van der Waals surface area contributed by atoms with Gasteiger partial charge in [-0.3, -0.25) is 14.4 Å². The van der Waals surface area contributed by atoms with Crippen molar-refractivity contribution >= 4 is 28.8 Å². The van der Waals surface area contributed by atoms with Crippen LogP contribution >= 0.6 is 0 Å². The lowest BCUT2D eigenvalue weighted by molar-refractivity contribution is -0.164. The second-order valence-electron chi connectivity index (χ2n) is 11.5. The van der Waals surface area contributed by atoms with Crippen LogP contribution in [0.15, 0.2) is 49.6 Å². The van der Waals surface area contributed by atoms with E-state index in [1.54, 1.807) is 21.7 Å². The van der Waals surface area contributed by atoms with Gasteiger partial charge in [-0.25, -0.2) is 4.68 Å². The maximum absolute atomic E-state index is 14.6. The summed E-state index contributed by atoms with van der Waals surface area (Å²) in [5.74, 6) is -3.15. The SMILES string of the molecule is C=CCCOC(=O)[C@@H]1[C@H]2C(=O)N([C@@H](CC)CO)C(C(=O)N(CC=C)Cn3nnc4ccccc43)C23CC(C)[C@@]1(C)O3. The van der Waals surface area contributed by atoms with Crippen molar-refractivity contribution in [3.05, 3.63) is 49.6 Å². The number of ether oxygens (including phenoxy) is 2. The van der Waals surface area contributed by atoms with Crippen LogP contribution in [0.5, 0.6) is 0 Å². The van der Waals surface area contributed by atoms with E-state index in [9.17, 15) is 19.5 Å². The van der Waals surface area contributed by atoms with Crippen LogP contribution in [0.3, 0.4) is 0 Å². The second-order valence-corrected chi connectivity index (χ2v) is 11.5. The lowest BCUT2D eigenvalue weighted by atomic mass is 9.62. The average molecular weight is 566 g/mol. The predicted octanol–water partition coefficient (Wildman–Crippen LogP) is 2.30. The zero-order valence-electron chi connectivity index (χ0n) is 23.9. The van der Waals surface area contributed by atoms with Crippen molar-refractivity contribution in [3.63, 3.8) is 0 Å². The van der Waals surface area contributed by atoms with Gasteiger partial charge in [-0.15, -0.1) is 18.3 Å². The van der Waals surface area contributed by atoms with E-state index in [0.29, 0.717) is 24.8 Å². The first-order valence-corrected chi connectivity index (χ1v) is 14.3. The van der Waals surface area contributed by atoms with Gasteiger partial charge in [0.25, 0.3) is 0 Å². The fourth-order valence-electron chi connectivity index (χ4n) is 7.18. The van der Waals surface area contributed by atoms with Crippen LogP contribution in [0, 0.1) is 17.8 Å². The van der Waals surface area contributed by atoms with Gasteiger partial charge in [0.15, 0.2) is 0 Å². The third kappa shape index (κ3) is 4.37. The topological polar surface area (TPSA) is 127 Å². The lowest BCUT2D eigenvalue weighted by Crippen LogP contribution is -2.59. The largest absolute Gasteiger partial charge is 0.465 e. The molecule has 7 atom stereocenters. The van der Waals surface area contributed by atoms with E-state index in [1.165, 1.54) is 4.90 Å². The Bertz CT molecular complexity index is 1360. The summed E-state index contributed by atoms with van der Waals surface area (Å²) in [5.41, 5.74) is -0.786. The maximum atomic E-state index is 14.6. The van der Waals surface area contributed by atoms with Crippen LogP contribution in [0.4, 0.5) is 0 Å². The molecule has 0 radical (unpaired) electrons. The molecule has 220 valence electrons. The van der Waals surface area contributed by atoms with Crippen LogP contribution in [-0.2, 0) is 30.5 Å². The van der Waals surface area contributed by atoms with Crippen LogP contribution in [-0.4, -0.2) is 90.7 Å². The predicted molar refractivity (Wildman–Crippen MR) is 150 cm³/mol.